The number of aromatic nitrogens is 4. The number of nitrogens with zero attached hydrogens (tertiary/aromatic N) is 4. The first-order chi connectivity index (χ1) is 13.7. The van der Waals surface area contributed by atoms with Gasteiger partial charge in [0.05, 0.1) is 12.0 Å². The lowest BCUT2D eigenvalue weighted by Gasteiger charge is -2.17. The van der Waals surface area contributed by atoms with Crippen LogP contribution >= 0.6 is 0 Å². The van der Waals surface area contributed by atoms with Gasteiger partial charge in [0.1, 0.15) is 0 Å². The van der Waals surface area contributed by atoms with Gasteiger partial charge in [-0.05, 0) is 31.4 Å². The number of aryl methyl sites for hydroxylation is 1. The van der Waals surface area contributed by atoms with Crippen LogP contribution in [0.1, 0.15) is 54.1 Å². The zero-order valence-corrected chi connectivity index (χ0v) is 17.3. The summed E-state index contributed by atoms with van der Waals surface area (Å²) in [6, 6.07) is 7.12. The van der Waals surface area contributed by atoms with E-state index < -0.39 is 5.97 Å². The molecule has 0 unspecified atom stereocenters. The number of fused-ring (bicyclic) bond motifs is 1. The summed E-state index contributed by atoms with van der Waals surface area (Å²) in [6.07, 6.45) is 1.73. The van der Waals surface area contributed by atoms with Gasteiger partial charge in [0, 0.05) is 18.3 Å². The van der Waals surface area contributed by atoms with Crippen molar-refractivity contribution in [2.75, 3.05) is 11.9 Å². The van der Waals surface area contributed by atoms with Gasteiger partial charge < -0.3 is 4.74 Å². The smallest absolute Gasteiger partial charge is 0.357 e. The summed E-state index contributed by atoms with van der Waals surface area (Å²) in [5.74, 6) is -0.943. The van der Waals surface area contributed by atoms with Gasteiger partial charge in [0.15, 0.2) is 11.3 Å². The molecule has 2 aromatic heterocycles. The second-order valence-electron chi connectivity index (χ2n) is 8.06. The molecule has 0 fully saturated rings. The molecule has 0 radical (unpaired) electrons. The number of hydrogen-bond donors (Lipinski definition) is 1. The molecule has 3 rings (SSSR count). The van der Waals surface area contributed by atoms with Gasteiger partial charge in [-0.25, -0.2) is 9.78 Å². The Labute approximate surface area is 169 Å². The summed E-state index contributed by atoms with van der Waals surface area (Å²) in [7, 11) is 0. The Morgan fingerprint density at radius 1 is 1.14 bits per heavy atom. The monoisotopic (exact) mass is 395 g/mol. The summed E-state index contributed by atoms with van der Waals surface area (Å²) in [4.78, 5) is 33.5. The van der Waals surface area contributed by atoms with Crippen molar-refractivity contribution in [1.82, 2.24) is 19.7 Å². The molecule has 8 nitrogen and oxygen atoms in total. The van der Waals surface area contributed by atoms with Crippen molar-refractivity contribution in [3.05, 3.63) is 47.3 Å². The Bertz CT molecular complexity index is 1050. The minimum absolute atomic E-state index is 0.00661. The summed E-state index contributed by atoms with van der Waals surface area (Å²) in [5, 5.41) is 7.59. The SMILES string of the molecule is CCOC(=O)c1nc(NC(=O)c2ccc(C)cc2)nc2nn(CC(C)(C)C)cc12. The molecule has 0 aliphatic rings. The maximum Gasteiger partial charge on any atom is 0.357 e. The number of ether oxygens (including phenoxy) is 1. The second kappa shape index (κ2) is 7.98. The third kappa shape index (κ3) is 4.96. The van der Waals surface area contributed by atoms with Crippen LogP contribution in [0.5, 0.6) is 0 Å². The Morgan fingerprint density at radius 2 is 1.83 bits per heavy atom. The Kier molecular flexibility index (Phi) is 5.63. The van der Waals surface area contributed by atoms with Gasteiger partial charge in [-0.3, -0.25) is 14.8 Å². The van der Waals surface area contributed by atoms with Crippen molar-refractivity contribution in [2.24, 2.45) is 5.41 Å². The van der Waals surface area contributed by atoms with Crippen LogP contribution in [0.2, 0.25) is 0 Å². The van der Waals surface area contributed by atoms with Gasteiger partial charge >= 0.3 is 5.97 Å². The minimum atomic E-state index is -0.582. The molecule has 3 aromatic rings. The molecule has 0 bridgehead atoms. The van der Waals surface area contributed by atoms with Crippen LogP contribution < -0.4 is 5.32 Å². The van der Waals surface area contributed by atoms with E-state index in [2.05, 4.69) is 41.2 Å². The summed E-state index contributed by atoms with van der Waals surface area (Å²) < 4.78 is 6.85. The highest BCUT2D eigenvalue weighted by Crippen LogP contribution is 2.21. The van der Waals surface area contributed by atoms with Crippen LogP contribution in [0.15, 0.2) is 30.5 Å². The van der Waals surface area contributed by atoms with Crippen LogP contribution in [0.25, 0.3) is 11.0 Å². The molecular formula is C21H25N5O3. The minimum Gasteiger partial charge on any atom is -0.461 e. The molecule has 0 aliphatic heterocycles. The van der Waals surface area contributed by atoms with Gasteiger partial charge in [0.25, 0.3) is 5.91 Å². The van der Waals surface area contributed by atoms with E-state index in [4.69, 9.17) is 4.74 Å². The highest BCUT2D eigenvalue weighted by atomic mass is 16.5. The van der Waals surface area contributed by atoms with Crippen molar-refractivity contribution in [3.63, 3.8) is 0 Å². The lowest BCUT2D eigenvalue weighted by molar-refractivity contribution is 0.0521. The van der Waals surface area contributed by atoms with Gasteiger partial charge in [-0.15, -0.1) is 0 Å². The maximum atomic E-state index is 12.5. The van der Waals surface area contributed by atoms with Crippen LogP contribution in [-0.2, 0) is 11.3 Å². The van der Waals surface area contributed by atoms with E-state index in [0.29, 0.717) is 23.1 Å². The number of carbonyl (C=O) groups is 2. The summed E-state index contributed by atoms with van der Waals surface area (Å²) >= 11 is 0. The number of anilines is 1. The molecule has 0 spiro atoms. The fourth-order valence-corrected chi connectivity index (χ4v) is 2.81. The molecule has 1 amide bonds. The Balaban J connectivity index is 1.99. The van der Waals surface area contributed by atoms with Gasteiger partial charge in [-0.2, -0.15) is 10.1 Å². The van der Waals surface area contributed by atoms with Gasteiger partial charge in [-0.1, -0.05) is 38.5 Å². The number of amides is 1. The molecule has 0 saturated carbocycles. The molecule has 8 heteroatoms. The van der Waals surface area contributed by atoms with Crippen molar-refractivity contribution in [1.29, 1.82) is 0 Å². The first kappa shape index (κ1) is 20.4. The van der Waals surface area contributed by atoms with E-state index in [1.54, 1.807) is 29.9 Å². The molecule has 0 saturated heterocycles. The lowest BCUT2D eigenvalue weighted by Crippen LogP contribution is -2.16. The number of esters is 1. The van der Waals surface area contributed by atoms with E-state index in [1.807, 2.05) is 19.1 Å². The fourth-order valence-electron chi connectivity index (χ4n) is 2.81. The number of benzene rings is 1. The first-order valence-corrected chi connectivity index (χ1v) is 9.46. The van der Waals surface area contributed by atoms with E-state index in [9.17, 15) is 9.59 Å². The fraction of sp³-hybridized carbons (Fsp3) is 0.381. The molecule has 0 atom stereocenters. The van der Waals surface area contributed by atoms with Crippen LogP contribution in [0.4, 0.5) is 5.95 Å². The quantitative estimate of drug-likeness (QED) is 0.663. The molecule has 2 heterocycles. The standard InChI is InChI=1S/C21H25N5O3/c1-6-29-19(28)16-15-11-26(12-21(3,4)5)25-17(15)23-20(22-16)24-18(27)14-9-7-13(2)8-10-14/h7-11H,6,12H2,1-5H3,(H,23,24,25,27). The first-order valence-electron chi connectivity index (χ1n) is 9.46. The highest BCUT2D eigenvalue weighted by Gasteiger charge is 2.21. The summed E-state index contributed by atoms with van der Waals surface area (Å²) in [6.45, 7) is 10.8. The predicted molar refractivity (Wildman–Crippen MR) is 110 cm³/mol. The average Bonchev–Trinajstić information content (AvgIpc) is 3.01. The summed E-state index contributed by atoms with van der Waals surface area (Å²) in [5.41, 5.74) is 1.91. The van der Waals surface area contributed by atoms with E-state index in [-0.39, 0.29) is 29.6 Å². The molecule has 0 aliphatic carbocycles. The lowest BCUT2D eigenvalue weighted by atomic mass is 9.97. The third-order valence-electron chi connectivity index (χ3n) is 4.07. The topological polar surface area (TPSA) is 99.0 Å². The van der Waals surface area contributed by atoms with Crippen molar-refractivity contribution >= 4 is 28.9 Å². The van der Waals surface area contributed by atoms with E-state index in [0.717, 1.165) is 5.56 Å². The van der Waals surface area contributed by atoms with E-state index >= 15 is 0 Å². The predicted octanol–water partition coefficient (Wildman–Crippen LogP) is 3.61. The van der Waals surface area contributed by atoms with Crippen LogP contribution in [0, 0.1) is 12.3 Å². The van der Waals surface area contributed by atoms with Crippen LogP contribution in [-0.4, -0.2) is 38.2 Å². The molecule has 1 N–H and O–H groups in total. The van der Waals surface area contributed by atoms with Crippen molar-refractivity contribution in [3.8, 4) is 0 Å². The van der Waals surface area contributed by atoms with Crippen molar-refractivity contribution < 1.29 is 14.3 Å². The molecule has 29 heavy (non-hydrogen) atoms. The number of rotatable bonds is 5. The number of hydrogen-bond acceptors (Lipinski definition) is 6. The molecule has 152 valence electrons. The Hall–Kier alpha value is -3.29. The highest BCUT2D eigenvalue weighted by molar-refractivity contribution is 6.05. The third-order valence-corrected chi connectivity index (χ3v) is 4.07. The molecular weight excluding hydrogens is 370 g/mol. The maximum absolute atomic E-state index is 12.5. The zero-order chi connectivity index (χ0) is 21.2. The number of nitrogens with one attached hydrogen (secondary N) is 1. The normalized spacial score (nSPS) is 11.5. The number of carbonyl (C=O) groups excluding carboxylic acids is 2. The van der Waals surface area contributed by atoms with Gasteiger partial charge in [0.2, 0.25) is 5.95 Å². The van der Waals surface area contributed by atoms with Crippen LogP contribution in [0.3, 0.4) is 0 Å². The Morgan fingerprint density at radius 3 is 2.45 bits per heavy atom. The van der Waals surface area contributed by atoms with E-state index in [1.165, 1.54) is 0 Å². The largest absolute Gasteiger partial charge is 0.461 e. The average molecular weight is 395 g/mol. The zero-order valence-electron chi connectivity index (χ0n) is 17.3. The molecule has 1 aromatic carbocycles. The second-order valence-corrected chi connectivity index (χ2v) is 8.06. The van der Waals surface area contributed by atoms with Crippen molar-refractivity contribution in [2.45, 2.75) is 41.2 Å².